The summed E-state index contributed by atoms with van der Waals surface area (Å²) in [5, 5.41) is 3.72. The highest BCUT2D eigenvalue weighted by Crippen LogP contribution is 2.24. The zero-order valence-electron chi connectivity index (χ0n) is 17.1. The van der Waals surface area contributed by atoms with Crippen molar-refractivity contribution in [3.63, 3.8) is 0 Å². The Morgan fingerprint density at radius 3 is 2.33 bits per heavy atom. The molecule has 2 aromatic rings. The first kappa shape index (κ1) is 24.5. The van der Waals surface area contributed by atoms with Gasteiger partial charge in [-0.25, -0.2) is 0 Å². The molecule has 0 aliphatic carbocycles. The van der Waals surface area contributed by atoms with E-state index in [0.29, 0.717) is 22.2 Å². The molecular weight excluding hydrogens is 491 g/mol. The second kappa shape index (κ2) is 11.6. The number of nitrogens with one attached hydrogen (secondary N) is 1. The minimum atomic E-state index is -0.636. The number of ether oxygens (including phenoxy) is 1. The van der Waals surface area contributed by atoms with Crippen molar-refractivity contribution >= 4 is 50.9 Å². The SMILES string of the molecule is CC[C@@H](C(=O)NC(C)C)N(Cc1ccc(Cl)c(Cl)c1)C(=O)COc1ccc(Br)cc1. The molecule has 0 aromatic heterocycles. The summed E-state index contributed by atoms with van der Waals surface area (Å²) in [6.07, 6.45) is 0.462. The van der Waals surface area contributed by atoms with Crippen molar-refractivity contribution in [3.05, 3.63) is 62.5 Å². The maximum absolute atomic E-state index is 13.1. The van der Waals surface area contributed by atoms with E-state index in [9.17, 15) is 9.59 Å². The van der Waals surface area contributed by atoms with Gasteiger partial charge in [0, 0.05) is 17.1 Å². The molecular formula is C22H25BrCl2N2O3. The molecule has 1 N–H and O–H groups in total. The molecule has 30 heavy (non-hydrogen) atoms. The number of carbonyl (C=O) groups excluding carboxylic acids is 2. The van der Waals surface area contributed by atoms with Gasteiger partial charge in [0.05, 0.1) is 10.0 Å². The van der Waals surface area contributed by atoms with Crippen LogP contribution < -0.4 is 10.1 Å². The van der Waals surface area contributed by atoms with Crippen LogP contribution in [0.1, 0.15) is 32.8 Å². The zero-order chi connectivity index (χ0) is 22.3. The van der Waals surface area contributed by atoms with E-state index in [1.165, 1.54) is 4.90 Å². The summed E-state index contributed by atoms with van der Waals surface area (Å²) < 4.78 is 6.56. The number of hydrogen-bond acceptors (Lipinski definition) is 3. The van der Waals surface area contributed by atoms with Gasteiger partial charge in [-0.2, -0.15) is 0 Å². The Morgan fingerprint density at radius 1 is 1.10 bits per heavy atom. The molecule has 162 valence electrons. The second-order valence-corrected chi connectivity index (χ2v) is 8.83. The van der Waals surface area contributed by atoms with E-state index in [0.717, 1.165) is 10.0 Å². The third-order valence-corrected chi connectivity index (χ3v) is 5.60. The van der Waals surface area contributed by atoms with Crippen LogP contribution in [0.4, 0.5) is 0 Å². The Balaban J connectivity index is 2.23. The minimum absolute atomic E-state index is 0.0347. The van der Waals surface area contributed by atoms with Gasteiger partial charge in [0.2, 0.25) is 5.91 Å². The number of rotatable bonds is 9. The van der Waals surface area contributed by atoms with Crippen molar-refractivity contribution in [3.8, 4) is 5.75 Å². The van der Waals surface area contributed by atoms with Crippen LogP contribution >= 0.6 is 39.1 Å². The lowest BCUT2D eigenvalue weighted by atomic mass is 10.1. The second-order valence-electron chi connectivity index (χ2n) is 7.10. The third-order valence-electron chi connectivity index (χ3n) is 4.33. The highest BCUT2D eigenvalue weighted by atomic mass is 79.9. The maximum Gasteiger partial charge on any atom is 0.261 e. The van der Waals surface area contributed by atoms with Gasteiger partial charge in [-0.15, -0.1) is 0 Å². The van der Waals surface area contributed by atoms with E-state index in [4.69, 9.17) is 27.9 Å². The van der Waals surface area contributed by atoms with Gasteiger partial charge < -0.3 is 15.0 Å². The molecule has 2 rings (SSSR count). The summed E-state index contributed by atoms with van der Waals surface area (Å²) in [4.78, 5) is 27.4. The summed E-state index contributed by atoms with van der Waals surface area (Å²) in [5.41, 5.74) is 0.775. The molecule has 5 nitrogen and oxygen atoms in total. The standard InChI is InChI=1S/C22H25BrCl2N2O3/c1-4-20(22(29)26-14(2)3)27(12-15-5-10-18(24)19(25)11-15)21(28)13-30-17-8-6-16(23)7-9-17/h5-11,14,20H,4,12-13H2,1-3H3,(H,26,29)/t20-/m0/s1. The molecule has 0 bridgehead atoms. The average molecular weight is 516 g/mol. The van der Waals surface area contributed by atoms with Crippen LogP contribution in [0.3, 0.4) is 0 Å². The Hall–Kier alpha value is -1.76. The fourth-order valence-corrected chi connectivity index (χ4v) is 3.48. The lowest BCUT2D eigenvalue weighted by molar-refractivity contribution is -0.143. The van der Waals surface area contributed by atoms with Crippen molar-refractivity contribution in [1.82, 2.24) is 10.2 Å². The van der Waals surface area contributed by atoms with E-state index in [2.05, 4.69) is 21.2 Å². The molecule has 0 saturated heterocycles. The summed E-state index contributed by atoms with van der Waals surface area (Å²) in [5.74, 6) is 0.0695. The number of amides is 2. The van der Waals surface area contributed by atoms with E-state index in [1.54, 1.807) is 30.3 Å². The summed E-state index contributed by atoms with van der Waals surface area (Å²) in [7, 11) is 0. The number of halogens is 3. The van der Waals surface area contributed by atoms with Crippen molar-refractivity contribution in [1.29, 1.82) is 0 Å². The van der Waals surface area contributed by atoms with Crippen molar-refractivity contribution in [2.75, 3.05) is 6.61 Å². The van der Waals surface area contributed by atoms with Crippen molar-refractivity contribution in [2.45, 2.75) is 45.8 Å². The largest absolute Gasteiger partial charge is 0.484 e. The normalized spacial score (nSPS) is 11.8. The lowest BCUT2D eigenvalue weighted by Gasteiger charge is -2.31. The summed E-state index contributed by atoms with van der Waals surface area (Å²) in [6.45, 7) is 5.66. The fraction of sp³-hybridized carbons (Fsp3) is 0.364. The molecule has 2 amide bonds. The molecule has 0 unspecified atom stereocenters. The molecule has 1 atom stereocenters. The highest BCUT2D eigenvalue weighted by molar-refractivity contribution is 9.10. The van der Waals surface area contributed by atoms with Crippen LogP contribution in [0.15, 0.2) is 46.9 Å². The number of hydrogen-bond donors (Lipinski definition) is 1. The molecule has 0 saturated carbocycles. The molecule has 0 aliphatic rings. The van der Waals surface area contributed by atoms with Gasteiger partial charge in [0.15, 0.2) is 6.61 Å². The Labute approximate surface area is 195 Å². The van der Waals surface area contributed by atoms with E-state index in [1.807, 2.05) is 32.9 Å². The minimum Gasteiger partial charge on any atom is -0.484 e. The third kappa shape index (κ3) is 7.18. The van der Waals surface area contributed by atoms with Crippen LogP contribution in [-0.4, -0.2) is 35.4 Å². The Kier molecular flexibility index (Phi) is 9.46. The van der Waals surface area contributed by atoms with Crippen molar-refractivity contribution < 1.29 is 14.3 Å². The average Bonchev–Trinajstić information content (AvgIpc) is 2.69. The predicted octanol–water partition coefficient (Wildman–Crippen LogP) is 5.47. The van der Waals surface area contributed by atoms with Crippen LogP contribution in [0, 0.1) is 0 Å². The number of carbonyl (C=O) groups is 2. The zero-order valence-corrected chi connectivity index (χ0v) is 20.2. The van der Waals surface area contributed by atoms with E-state index < -0.39 is 6.04 Å². The van der Waals surface area contributed by atoms with E-state index >= 15 is 0 Å². The van der Waals surface area contributed by atoms with Crippen LogP contribution in [-0.2, 0) is 16.1 Å². The predicted molar refractivity (Wildman–Crippen MR) is 124 cm³/mol. The lowest BCUT2D eigenvalue weighted by Crippen LogP contribution is -2.51. The van der Waals surface area contributed by atoms with Gasteiger partial charge in [-0.05, 0) is 62.2 Å². The Bertz CT molecular complexity index is 875. The highest BCUT2D eigenvalue weighted by Gasteiger charge is 2.29. The van der Waals surface area contributed by atoms with Crippen LogP contribution in [0.25, 0.3) is 0 Å². The fourth-order valence-electron chi connectivity index (χ4n) is 2.89. The first-order valence-electron chi connectivity index (χ1n) is 9.63. The number of nitrogens with zero attached hydrogens (tertiary/aromatic N) is 1. The molecule has 0 heterocycles. The topological polar surface area (TPSA) is 58.6 Å². The quantitative estimate of drug-likeness (QED) is 0.482. The smallest absolute Gasteiger partial charge is 0.261 e. The van der Waals surface area contributed by atoms with Gasteiger partial charge in [0.1, 0.15) is 11.8 Å². The summed E-state index contributed by atoms with van der Waals surface area (Å²) >= 11 is 15.5. The van der Waals surface area contributed by atoms with Crippen LogP contribution in [0.2, 0.25) is 10.0 Å². The molecule has 0 spiro atoms. The van der Waals surface area contributed by atoms with Gasteiger partial charge in [0.25, 0.3) is 5.91 Å². The van der Waals surface area contributed by atoms with Crippen molar-refractivity contribution in [2.24, 2.45) is 0 Å². The van der Waals surface area contributed by atoms with Gasteiger partial charge in [-0.3, -0.25) is 9.59 Å². The summed E-state index contributed by atoms with van der Waals surface area (Å²) in [6, 6.07) is 11.7. The molecule has 0 radical (unpaired) electrons. The molecule has 0 fully saturated rings. The first-order chi connectivity index (χ1) is 14.2. The number of benzene rings is 2. The molecule has 0 aliphatic heterocycles. The first-order valence-corrected chi connectivity index (χ1v) is 11.2. The van der Waals surface area contributed by atoms with E-state index in [-0.39, 0.29) is 31.0 Å². The van der Waals surface area contributed by atoms with Gasteiger partial charge in [-0.1, -0.05) is 52.1 Å². The monoisotopic (exact) mass is 514 g/mol. The van der Waals surface area contributed by atoms with Gasteiger partial charge >= 0.3 is 0 Å². The Morgan fingerprint density at radius 2 is 1.77 bits per heavy atom. The van der Waals surface area contributed by atoms with Crippen LogP contribution in [0.5, 0.6) is 5.75 Å². The maximum atomic E-state index is 13.1. The molecule has 2 aromatic carbocycles. The molecule has 8 heteroatoms.